The first-order valence-corrected chi connectivity index (χ1v) is 5.80. The Morgan fingerprint density at radius 1 is 1.06 bits per heavy atom. The molecule has 0 amide bonds. The SMILES string of the molecule is C=CC1=C(/C=C\C)NC(/C=C\C)=C(C)CC1. The van der Waals surface area contributed by atoms with Crippen LogP contribution in [-0.4, -0.2) is 0 Å². The largest absolute Gasteiger partial charge is 0.355 e. The van der Waals surface area contributed by atoms with Crippen molar-refractivity contribution in [2.24, 2.45) is 0 Å². The van der Waals surface area contributed by atoms with E-state index in [0.29, 0.717) is 0 Å². The van der Waals surface area contributed by atoms with E-state index in [4.69, 9.17) is 0 Å². The number of hydrogen-bond acceptors (Lipinski definition) is 1. The average Bonchev–Trinajstić information content (AvgIpc) is 2.41. The van der Waals surface area contributed by atoms with Crippen LogP contribution in [0.4, 0.5) is 0 Å². The molecule has 0 aliphatic carbocycles. The monoisotopic (exact) mass is 215 g/mol. The molecule has 0 spiro atoms. The highest BCUT2D eigenvalue weighted by atomic mass is 14.9. The Morgan fingerprint density at radius 3 is 2.25 bits per heavy atom. The summed E-state index contributed by atoms with van der Waals surface area (Å²) in [6, 6.07) is 0. The summed E-state index contributed by atoms with van der Waals surface area (Å²) in [5.41, 5.74) is 5.07. The van der Waals surface area contributed by atoms with Crippen LogP contribution < -0.4 is 5.32 Å². The summed E-state index contributed by atoms with van der Waals surface area (Å²) in [5.74, 6) is 0. The van der Waals surface area contributed by atoms with Gasteiger partial charge in [0.05, 0.1) is 0 Å². The van der Waals surface area contributed by atoms with Gasteiger partial charge < -0.3 is 5.32 Å². The third kappa shape index (κ3) is 2.99. The molecule has 1 heterocycles. The maximum Gasteiger partial charge on any atom is 0.0413 e. The highest BCUT2D eigenvalue weighted by molar-refractivity contribution is 5.39. The van der Waals surface area contributed by atoms with Crippen molar-refractivity contribution in [3.63, 3.8) is 0 Å². The Kier molecular flexibility index (Phi) is 4.84. The Bertz CT molecular complexity index is 378. The molecule has 0 saturated carbocycles. The standard InChI is InChI=1S/C15H21N/c1-5-8-14-12(4)10-11-13(7-3)15(16-14)9-6-2/h5-9,16H,3,10-11H2,1-2,4H3/b8-5-,9-6-. The lowest BCUT2D eigenvalue weighted by atomic mass is 10.0. The molecule has 0 aromatic rings. The topological polar surface area (TPSA) is 12.0 Å². The molecule has 0 bridgehead atoms. The minimum Gasteiger partial charge on any atom is -0.355 e. The maximum atomic E-state index is 3.89. The summed E-state index contributed by atoms with van der Waals surface area (Å²) in [4.78, 5) is 0. The molecular formula is C15H21N. The van der Waals surface area contributed by atoms with E-state index >= 15 is 0 Å². The van der Waals surface area contributed by atoms with Crippen LogP contribution >= 0.6 is 0 Å². The van der Waals surface area contributed by atoms with E-state index in [1.165, 1.54) is 22.5 Å². The van der Waals surface area contributed by atoms with Gasteiger partial charge in [0.2, 0.25) is 0 Å². The van der Waals surface area contributed by atoms with Crippen LogP contribution in [0, 0.1) is 0 Å². The van der Waals surface area contributed by atoms with Gasteiger partial charge in [-0.15, -0.1) is 0 Å². The van der Waals surface area contributed by atoms with E-state index in [1.807, 2.05) is 19.9 Å². The predicted octanol–water partition coefficient (Wildman–Crippen LogP) is 4.24. The smallest absolute Gasteiger partial charge is 0.0413 e. The van der Waals surface area contributed by atoms with Crippen molar-refractivity contribution in [2.45, 2.75) is 33.6 Å². The Hall–Kier alpha value is -1.50. The predicted molar refractivity (Wildman–Crippen MR) is 71.9 cm³/mol. The third-order valence-corrected chi connectivity index (χ3v) is 2.76. The van der Waals surface area contributed by atoms with Crippen LogP contribution in [-0.2, 0) is 0 Å². The molecule has 16 heavy (non-hydrogen) atoms. The molecular weight excluding hydrogens is 194 g/mol. The van der Waals surface area contributed by atoms with Crippen molar-refractivity contribution >= 4 is 0 Å². The van der Waals surface area contributed by atoms with Crippen LogP contribution in [0.25, 0.3) is 0 Å². The van der Waals surface area contributed by atoms with E-state index in [0.717, 1.165) is 12.8 Å². The van der Waals surface area contributed by atoms with Crippen molar-refractivity contribution in [3.05, 3.63) is 59.5 Å². The number of hydrogen-bond donors (Lipinski definition) is 1. The number of rotatable bonds is 3. The first kappa shape index (κ1) is 12.6. The van der Waals surface area contributed by atoms with Crippen LogP contribution in [0.1, 0.15) is 33.6 Å². The van der Waals surface area contributed by atoms with Crippen LogP contribution in [0.2, 0.25) is 0 Å². The van der Waals surface area contributed by atoms with Gasteiger partial charge in [-0.3, -0.25) is 0 Å². The van der Waals surface area contributed by atoms with Crippen LogP contribution in [0.15, 0.2) is 59.5 Å². The van der Waals surface area contributed by atoms with Gasteiger partial charge in [0.1, 0.15) is 0 Å². The van der Waals surface area contributed by atoms with E-state index in [9.17, 15) is 0 Å². The normalized spacial score (nSPS) is 18.2. The van der Waals surface area contributed by atoms with E-state index < -0.39 is 0 Å². The van der Waals surface area contributed by atoms with Gasteiger partial charge in [-0.25, -0.2) is 0 Å². The molecule has 1 aliphatic heterocycles. The second-order valence-corrected chi connectivity index (χ2v) is 3.96. The summed E-state index contributed by atoms with van der Waals surface area (Å²) >= 11 is 0. The summed E-state index contributed by atoms with van der Waals surface area (Å²) in [7, 11) is 0. The molecule has 0 aromatic carbocycles. The third-order valence-electron chi connectivity index (χ3n) is 2.76. The second-order valence-electron chi connectivity index (χ2n) is 3.96. The fourth-order valence-electron chi connectivity index (χ4n) is 1.80. The molecule has 0 fully saturated rings. The molecule has 0 unspecified atom stereocenters. The average molecular weight is 215 g/mol. The zero-order chi connectivity index (χ0) is 12.0. The van der Waals surface area contributed by atoms with E-state index in [-0.39, 0.29) is 0 Å². The molecule has 1 heteroatoms. The van der Waals surface area contributed by atoms with Crippen molar-refractivity contribution in [1.82, 2.24) is 5.32 Å². The summed E-state index contributed by atoms with van der Waals surface area (Å²) in [6.45, 7) is 10.1. The summed E-state index contributed by atoms with van der Waals surface area (Å²) in [6.07, 6.45) is 12.5. The summed E-state index contributed by atoms with van der Waals surface area (Å²) < 4.78 is 0. The van der Waals surface area contributed by atoms with Gasteiger partial charge in [-0.05, 0) is 56.9 Å². The number of nitrogens with one attached hydrogen (secondary N) is 1. The van der Waals surface area contributed by atoms with E-state index in [2.05, 4.69) is 43.1 Å². The maximum absolute atomic E-state index is 3.89. The van der Waals surface area contributed by atoms with Gasteiger partial charge in [-0.2, -0.15) is 0 Å². The van der Waals surface area contributed by atoms with E-state index in [1.54, 1.807) is 0 Å². The van der Waals surface area contributed by atoms with Gasteiger partial charge in [-0.1, -0.05) is 24.8 Å². The Labute approximate surface area is 98.9 Å². The zero-order valence-corrected chi connectivity index (χ0v) is 10.5. The fraction of sp³-hybridized carbons (Fsp3) is 0.333. The number of allylic oxidation sites excluding steroid dienone is 7. The highest BCUT2D eigenvalue weighted by Crippen LogP contribution is 2.23. The zero-order valence-electron chi connectivity index (χ0n) is 10.5. The van der Waals surface area contributed by atoms with Crippen molar-refractivity contribution < 1.29 is 0 Å². The molecule has 1 N–H and O–H groups in total. The molecule has 86 valence electrons. The Morgan fingerprint density at radius 2 is 1.69 bits per heavy atom. The molecule has 0 saturated heterocycles. The molecule has 1 nitrogen and oxygen atoms in total. The van der Waals surface area contributed by atoms with Gasteiger partial charge >= 0.3 is 0 Å². The second kappa shape index (κ2) is 6.16. The van der Waals surface area contributed by atoms with Gasteiger partial charge in [0, 0.05) is 11.4 Å². The first-order valence-electron chi connectivity index (χ1n) is 5.80. The quantitative estimate of drug-likeness (QED) is 0.742. The van der Waals surface area contributed by atoms with Gasteiger partial charge in [0.25, 0.3) is 0 Å². The lowest BCUT2D eigenvalue weighted by Gasteiger charge is -2.10. The van der Waals surface area contributed by atoms with Crippen LogP contribution in [0.3, 0.4) is 0 Å². The Balaban J connectivity index is 3.09. The highest BCUT2D eigenvalue weighted by Gasteiger charge is 2.10. The van der Waals surface area contributed by atoms with Gasteiger partial charge in [0.15, 0.2) is 0 Å². The molecule has 1 rings (SSSR count). The van der Waals surface area contributed by atoms with Crippen molar-refractivity contribution in [2.75, 3.05) is 0 Å². The minimum absolute atomic E-state index is 1.06. The molecule has 0 aromatic heterocycles. The fourth-order valence-corrected chi connectivity index (χ4v) is 1.80. The van der Waals surface area contributed by atoms with Crippen LogP contribution in [0.5, 0.6) is 0 Å². The first-order chi connectivity index (χ1) is 7.72. The summed E-state index contributed by atoms with van der Waals surface area (Å²) in [5, 5.41) is 3.48. The lowest BCUT2D eigenvalue weighted by molar-refractivity contribution is 0.944. The molecule has 1 aliphatic rings. The minimum atomic E-state index is 1.06. The molecule has 0 radical (unpaired) electrons. The van der Waals surface area contributed by atoms with Crippen molar-refractivity contribution in [1.29, 1.82) is 0 Å². The van der Waals surface area contributed by atoms with Crippen molar-refractivity contribution in [3.8, 4) is 0 Å². The molecule has 0 atom stereocenters. The lowest BCUT2D eigenvalue weighted by Crippen LogP contribution is -2.11.